The van der Waals surface area contributed by atoms with Gasteiger partial charge < -0.3 is 14.8 Å². The van der Waals surface area contributed by atoms with E-state index < -0.39 is 12.2 Å². The van der Waals surface area contributed by atoms with Crippen LogP contribution in [0.15, 0.2) is 72.8 Å². The van der Waals surface area contributed by atoms with Gasteiger partial charge in [-0.1, -0.05) is 72.8 Å². The molecule has 2 aromatic rings. The summed E-state index contributed by atoms with van der Waals surface area (Å²) in [6, 6.07) is 19.2. The summed E-state index contributed by atoms with van der Waals surface area (Å²) in [6.07, 6.45) is 3.72. The maximum absolute atomic E-state index is 12.5. The van der Waals surface area contributed by atoms with Gasteiger partial charge in [0, 0.05) is 13.0 Å². The fourth-order valence-corrected chi connectivity index (χ4v) is 3.27. The Kier molecular flexibility index (Phi) is 8.22. The SMILES string of the molecule is O=C(NCCC(=O)N1C(=O)OC[C@H]1Cc1ccccc1)OCC=CCc1ccccc1. The van der Waals surface area contributed by atoms with Crippen molar-refractivity contribution in [3.63, 3.8) is 0 Å². The van der Waals surface area contributed by atoms with Gasteiger partial charge in [-0.15, -0.1) is 0 Å². The molecule has 0 aliphatic carbocycles. The van der Waals surface area contributed by atoms with Gasteiger partial charge in [-0.05, 0) is 24.0 Å². The van der Waals surface area contributed by atoms with E-state index in [2.05, 4.69) is 5.32 Å². The molecular formula is C24H26N2O5. The maximum Gasteiger partial charge on any atom is 0.416 e. The Morgan fingerprint density at radius 3 is 2.42 bits per heavy atom. The summed E-state index contributed by atoms with van der Waals surface area (Å²) in [5.74, 6) is -0.383. The van der Waals surface area contributed by atoms with E-state index in [4.69, 9.17) is 9.47 Å². The number of cyclic esters (lactones) is 1. The molecule has 2 aromatic carbocycles. The summed E-state index contributed by atoms with van der Waals surface area (Å²) in [5, 5.41) is 2.53. The number of imide groups is 1. The second-order valence-corrected chi connectivity index (χ2v) is 7.12. The predicted molar refractivity (Wildman–Crippen MR) is 115 cm³/mol. The van der Waals surface area contributed by atoms with E-state index in [1.807, 2.05) is 66.7 Å². The molecule has 1 aliphatic rings. The molecule has 0 aromatic heterocycles. The number of amides is 3. The topological polar surface area (TPSA) is 84.9 Å². The normalized spacial score (nSPS) is 15.7. The minimum Gasteiger partial charge on any atom is -0.447 e. The van der Waals surface area contributed by atoms with Gasteiger partial charge in [0.1, 0.15) is 13.2 Å². The van der Waals surface area contributed by atoms with Crippen LogP contribution in [-0.2, 0) is 27.1 Å². The molecule has 31 heavy (non-hydrogen) atoms. The average molecular weight is 422 g/mol. The highest BCUT2D eigenvalue weighted by molar-refractivity contribution is 5.93. The van der Waals surface area contributed by atoms with Crippen molar-refractivity contribution < 1.29 is 23.9 Å². The van der Waals surface area contributed by atoms with Gasteiger partial charge in [0.15, 0.2) is 0 Å². The minimum absolute atomic E-state index is 0.0145. The first-order valence-corrected chi connectivity index (χ1v) is 10.3. The summed E-state index contributed by atoms with van der Waals surface area (Å²) in [5.41, 5.74) is 2.19. The lowest BCUT2D eigenvalue weighted by molar-refractivity contribution is -0.129. The lowest BCUT2D eigenvalue weighted by Gasteiger charge is -2.19. The number of ether oxygens (including phenoxy) is 2. The highest BCUT2D eigenvalue weighted by atomic mass is 16.6. The second-order valence-electron chi connectivity index (χ2n) is 7.12. The largest absolute Gasteiger partial charge is 0.447 e. The van der Waals surface area contributed by atoms with Gasteiger partial charge >= 0.3 is 12.2 Å². The number of nitrogens with one attached hydrogen (secondary N) is 1. The number of hydrogen-bond donors (Lipinski definition) is 1. The van der Waals surface area contributed by atoms with Gasteiger partial charge in [0.05, 0.1) is 6.04 Å². The van der Waals surface area contributed by atoms with Crippen LogP contribution >= 0.6 is 0 Å². The van der Waals surface area contributed by atoms with E-state index in [0.717, 1.165) is 16.9 Å². The smallest absolute Gasteiger partial charge is 0.416 e. The Hall–Kier alpha value is -3.61. The van der Waals surface area contributed by atoms with Crippen molar-refractivity contribution in [1.29, 1.82) is 0 Å². The highest BCUT2D eigenvalue weighted by Gasteiger charge is 2.37. The molecule has 0 saturated carbocycles. The van der Waals surface area contributed by atoms with Crippen LogP contribution in [0.2, 0.25) is 0 Å². The van der Waals surface area contributed by atoms with Crippen LogP contribution in [0.5, 0.6) is 0 Å². The van der Waals surface area contributed by atoms with Crippen LogP contribution < -0.4 is 5.32 Å². The number of carbonyl (C=O) groups is 3. The molecule has 162 valence electrons. The Morgan fingerprint density at radius 2 is 1.71 bits per heavy atom. The van der Waals surface area contributed by atoms with Crippen LogP contribution in [0.1, 0.15) is 17.5 Å². The van der Waals surface area contributed by atoms with Gasteiger partial charge in [0.25, 0.3) is 0 Å². The Bertz CT molecular complexity index is 899. The zero-order valence-corrected chi connectivity index (χ0v) is 17.2. The Morgan fingerprint density at radius 1 is 1.03 bits per heavy atom. The third kappa shape index (κ3) is 6.99. The van der Waals surface area contributed by atoms with Crippen molar-refractivity contribution >= 4 is 18.1 Å². The van der Waals surface area contributed by atoms with E-state index in [9.17, 15) is 14.4 Å². The predicted octanol–water partition coefficient (Wildman–Crippen LogP) is 3.49. The number of rotatable bonds is 9. The first-order valence-electron chi connectivity index (χ1n) is 10.3. The van der Waals surface area contributed by atoms with Gasteiger partial charge in [0.2, 0.25) is 5.91 Å². The minimum atomic E-state index is -0.642. The standard InChI is InChI=1S/C24H26N2O5/c27-22(26-21(18-31-24(26)29)17-20-12-5-2-6-13-20)14-15-25-23(28)30-16-8-7-11-19-9-3-1-4-10-19/h1-10,12-13,21H,11,14-18H2,(H,25,28)/t21-/m1/s1. The Balaban J connectivity index is 1.35. The fourth-order valence-electron chi connectivity index (χ4n) is 3.27. The van der Waals surface area contributed by atoms with Gasteiger partial charge in [-0.25, -0.2) is 14.5 Å². The van der Waals surface area contributed by atoms with Crippen LogP contribution in [-0.4, -0.2) is 48.8 Å². The second kappa shape index (κ2) is 11.5. The van der Waals surface area contributed by atoms with Crippen LogP contribution in [0.4, 0.5) is 9.59 Å². The fraction of sp³-hybridized carbons (Fsp3) is 0.292. The molecule has 1 heterocycles. The summed E-state index contributed by atoms with van der Waals surface area (Å²) >= 11 is 0. The third-order valence-electron chi connectivity index (χ3n) is 4.83. The molecule has 0 bridgehead atoms. The molecule has 0 unspecified atom stereocenters. The third-order valence-corrected chi connectivity index (χ3v) is 4.83. The van der Waals surface area contributed by atoms with Crippen molar-refractivity contribution in [2.75, 3.05) is 19.8 Å². The summed E-state index contributed by atoms with van der Waals surface area (Å²) in [7, 11) is 0. The van der Waals surface area contributed by atoms with E-state index >= 15 is 0 Å². The summed E-state index contributed by atoms with van der Waals surface area (Å²) < 4.78 is 10.1. The van der Waals surface area contributed by atoms with E-state index in [1.165, 1.54) is 5.56 Å². The van der Waals surface area contributed by atoms with Crippen molar-refractivity contribution in [3.05, 3.63) is 83.9 Å². The number of nitrogens with zero attached hydrogens (tertiary/aromatic N) is 1. The van der Waals surface area contributed by atoms with E-state index in [-0.39, 0.29) is 38.1 Å². The lowest BCUT2D eigenvalue weighted by atomic mass is 10.1. The quantitative estimate of drug-likeness (QED) is 0.626. The first kappa shape index (κ1) is 22.1. The number of alkyl carbamates (subject to hydrolysis) is 1. The number of carbonyl (C=O) groups excluding carboxylic acids is 3. The van der Waals surface area contributed by atoms with E-state index in [0.29, 0.717) is 6.42 Å². The van der Waals surface area contributed by atoms with Crippen molar-refractivity contribution in [3.8, 4) is 0 Å². The zero-order chi connectivity index (χ0) is 21.9. The maximum atomic E-state index is 12.5. The molecule has 7 heteroatoms. The molecule has 3 amide bonds. The monoisotopic (exact) mass is 422 g/mol. The molecule has 0 radical (unpaired) electrons. The molecular weight excluding hydrogens is 396 g/mol. The average Bonchev–Trinajstić information content (AvgIpc) is 3.14. The molecule has 1 atom stereocenters. The Labute approximate surface area is 181 Å². The van der Waals surface area contributed by atoms with Gasteiger partial charge in [-0.2, -0.15) is 0 Å². The molecule has 1 aliphatic heterocycles. The van der Waals surface area contributed by atoms with Gasteiger partial charge in [-0.3, -0.25) is 4.79 Å². The van der Waals surface area contributed by atoms with Crippen LogP contribution in [0, 0.1) is 0 Å². The molecule has 3 rings (SSSR count). The van der Waals surface area contributed by atoms with Crippen LogP contribution in [0.3, 0.4) is 0 Å². The molecule has 1 saturated heterocycles. The van der Waals surface area contributed by atoms with Crippen molar-refractivity contribution in [2.24, 2.45) is 0 Å². The molecule has 0 spiro atoms. The summed E-state index contributed by atoms with van der Waals surface area (Å²) in [4.78, 5) is 37.4. The highest BCUT2D eigenvalue weighted by Crippen LogP contribution is 2.18. The molecule has 1 N–H and O–H groups in total. The number of hydrogen-bond acceptors (Lipinski definition) is 5. The van der Waals surface area contributed by atoms with Crippen LogP contribution in [0.25, 0.3) is 0 Å². The van der Waals surface area contributed by atoms with Crippen molar-refractivity contribution in [1.82, 2.24) is 10.2 Å². The van der Waals surface area contributed by atoms with Crippen molar-refractivity contribution in [2.45, 2.75) is 25.3 Å². The first-order chi connectivity index (χ1) is 15.1. The molecule has 7 nitrogen and oxygen atoms in total. The lowest BCUT2D eigenvalue weighted by Crippen LogP contribution is -2.41. The zero-order valence-electron chi connectivity index (χ0n) is 17.2. The summed E-state index contributed by atoms with van der Waals surface area (Å²) in [6.45, 7) is 0.391. The number of allylic oxidation sites excluding steroid dienone is 1. The van der Waals surface area contributed by atoms with E-state index in [1.54, 1.807) is 6.08 Å². The number of benzene rings is 2. The molecule has 1 fully saturated rings.